The monoisotopic (exact) mass is 308 g/mol. The van der Waals surface area contributed by atoms with Gasteiger partial charge >= 0.3 is 97.1 Å². The van der Waals surface area contributed by atoms with Gasteiger partial charge in [0.05, 0.1) is 0 Å². The predicted octanol–water partition coefficient (Wildman–Crippen LogP) is -1.08. The molecule has 1 atom stereocenters. The third kappa shape index (κ3) is 2.46. The van der Waals surface area contributed by atoms with Gasteiger partial charge in [0.1, 0.15) is 0 Å². The molecule has 0 aromatic heterocycles. The minimum absolute atomic E-state index is 0.0618. The molecule has 1 aliphatic heterocycles. The van der Waals surface area contributed by atoms with Gasteiger partial charge in [0, 0.05) is 0 Å². The molecule has 0 N–H and O–H groups in total. The molecule has 1 fully saturated rings. The van der Waals surface area contributed by atoms with Crippen molar-refractivity contribution >= 4 is 58.5 Å². The molecule has 1 heterocycles. The molecular weight excluding hydrogens is 297 g/mol. The zero-order valence-electron chi connectivity index (χ0n) is 7.16. The average Bonchev–Trinajstić information content (AvgIpc) is 2.09. The summed E-state index contributed by atoms with van der Waals surface area (Å²) in [6.07, 6.45) is 0. The fourth-order valence-electron chi connectivity index (χ4n) is 1.28. The summed E-state index contributed by atoms with van der Waals surface area (Å²) in [6.45, 7) is 1.53. The fourth-order valence-corrected chi connectivity index (χ4v) is 7.15. The van der Waals surface area contributed by atoms with E-state index >= 15 is 0 Å². The molecule has 0 aromatic carbocycles. The molecule has 64 valence electrons. The number of amides is 1. The molecule has 0 aliphatic carbocycles. The number of halogens is 1. The van der Waals surface area contributed by atoms with Crippen molar-refractivity contribution in [3.05, 3.63) is 0 Å². The summed E-state index contributed by atoms with van der Waals surface area (Å²) < 4.78 is 2.28. The van der Waals surface area contributed by atoms with E-state index in [1.54, 1.807) is 0 Å². The van der Waals surface area contributed by atoms with E-state index in [1.165, 1.54) is 0 Å². The van der Waals surface area contributed by atoms with Crippen LogP contribution in [-0.4, -0.2) is 72.1 Å². The van der Waals surface area contributed by atoms with Crippen LogP contribution >= 0.6 is 20.3 Å². The molecule has 0 aromatic rings. The van der Waals surface area contributed by atoms with Crippen molar-refractivity contribution in [2.45, 2.75) is 4.90 Å². The number of likely N-dealkylation sites (N-methyl/N-ethyl adjacent to an activating group) is 1. The molecule has 1 saturated heterocycles. The van der Waals surface area contributed by atoms with Crippen molar-refractivity contribution in [1.82, 2.24) is 8.78 Å². The van der Waals surface area contributed by atoms with Crippen LogP contribution in [0.2, 0.25) is 0 Å². The summed E-state index contributed by atoms with van der Waals surface area (Å²) in [4.78, 5) is 13.8. The topological polar surface area (TPSA) is 23.6 Å². The van der Waals surface area contributed by atoms with Gasteiger partial charge in [-0.1, -0.05) is 0 Å². The van der Waals surface area contributed by atoms with Gasteiger partial charge < -0.3 is 0 Å². The van der Waals surface area contributed by atoms with E-state index in [4.69, 9.17) is 0 Å². The Hall–Kier alpha value is 0.935. The number of carbonyl (C=O) groups excluding carboxylic acids is 1. The molecule has 0 bridgehead atoms. The number of carbonyl (C=O) groups is 1. The summed E-state index contributed by atoms with van der Waals surface area (Å²) in [5.41, 5.74) is 0. The van der Waals surface area contributed by atoms with E-state index in [9.17, 15) is 4.79 Å². The molecule has 1 amide bonds. The molecule has 6 heteroatoms. The Kier molecular flexibility index (Phi) is 4.57. The van der Waals surface area contributed by atoms with Gasteiger partial charge in [-0.25, -0.2) is 0 Å². The first-order valence-electron chi connectivity index (χ1n) is 3.87. The number of piperazine rings is 1. The Morgan fingerprint density at radius 1 is 1.83 bits per heavy atom. The van der Waals surface area contributed by atoms with E-state index in [0.717, 1.165) is 6.54 Å². The number of rotatable bonds is 2. The summed E-state index contributed by atoms with van der Waals surface area (Å²) >= 11 is 2.52. The van der Waals surface area contributed by atoms with Crippen LogP contribution in [0.15, 0.2) is 0 Å². The van der Waals surface area contributed by atoms with Gasteiger partial charge in [0.15, 0.2) is 0 Å². The molecule has 0 saturated carbocycles. The second kappa shape index (κ2) is 4.98. The Morgan fingerprint density at radius 3 is 3.00 bits per heavy atom. The fraction of sp³-hybridized carbons (Fsp3) is 0.667. The first-order valence-corrected chi connectivity index (χ1v) is 11.1. The second-order valence-corrected chi connectivity index (χ2v) is 7.86. The number of nitrogens with zero attached hydrogens (tertiary/aromatic N) is 2. The van der Waals surface area contributed by atoms with Crippen LogP contribution in [0.5, 0.6) is 0 Å². The van der Waals surface area contributed by atoms with Gasteiger partial charge in [-0.15, -0.1) is 0 Å². The van der Waals surface area contributed by atoms with Crippen LogP contribution < -0.4 is 0 Å². The second-order valence-electron chi connectivity index (χ2n) is 2.94. The summed E-state index contributed by atoms with van der Waals surface area (Å²) in [5, 5.41) is 3.92. The van der Waals surface area contributed by atoms with E-state index < -0.39 is 0 Å². The standard InChI is InChI=1S/C5H8N2O.CH2.2Al.HI.H/c1-7-3-2-6-4-5(7)8;;;;;/h2H,3-4H2,1H3;1H2;;;1H;/q-1;;2*+1;;/p-1. The molecule has 0 radical (unpaired) electrons. The molecular formula is C6H11Al2IN2O. The molecule has 0 spiro atoms. The van der Waals surface area contributed by atoms with Gasteiger partial charge in [-0.05, 0) is 0 Å². The number of hydrogen-bond acceptors (Lipinski definition) is 2. The van der Waals surface area contributed by atoms with Crippen LogP contribution in [0.3, 0.4) is 0 Å². The van der Waals surface area contributed by atoms with E-state index in [-0.39, 0.29) is 32.8 Å². The van der Waals surface area contributed by atoms with E-state index in [1.807, 2.05) is 11.9 Å². The Balaban J connectivity index is 2.64. The maximum absolute atomic E-state index is 11.3. The molecule has 1 unspecified atom stereocenters. The van der Waals surface area contributed by atoms with Crippen LogP contribution in [-0.2, 0) is 4.79 Å². The van der Waals surface area contributed by atoms with Gasteiger partial charge in [-0.3, -0.25) is 0 Å². The van der Waals surface area contributed by atoms with Gasteiger partial charge in [-0.2, -0.15) is 0 Å². The first kappa shape index (κ1) is 11.0. The van der Waals surface area contributed by atoms with Crippen molar-refractivity contribution < 1.29 is 4.79 Å². The Labute approximate surface area is 96.3 Å². The zero-order chi connectivity index (χ0) is 9.14. The van der Waals surface area contributed by atoms with Crippen molar-refractivity contribution in [2.24, 2.45) is 0 Å². The van der Waals surface area contributed by atoms with E-state index in [2.05, 4.69) is 29.5 Å². The van der Waals surface area contributed by atoms with Crippen molar-refractivity contribution in [1.29, 1.82) is 0 Å². The van der Waals surface area contributed by atoms with Crippen molar-refractivity contribution in [2.75, 3.05) is 20.1 Å². The van der Waals surface area contributed by atoms with Crippen LogP contribution in [0.1, 0.15) is 0 Å². The average molecular weight is 308 g/mol. The molecule has 12 heavy (non-hydrogen) atoms. The van der Waals surface area contributed by atoms with Crippen LogP contribution in [0, 0.1) is 0 Å². The zero-order valence-corrected chi connectivity index (χ0v) is 11.9. The van der Waals surface area contributed by atoms with Gasteiger partial charge in [0.2, 0.25) is 0 Å². The quantitative estimate of drug-likeness (QED) is 0.479. The van der Waals surface area contributed by atoms with Crippen LogP contribution in [0.25, 0.3) is 0 Å². The normalized spacial score (nSPS) is 23.8. The minimum atomic E-state index is -0.0618. The first-order chi connectivity index (χ1) is 5.69. The Bertz CT molecular complexity index is 202. The third-order valence-electron chi connectivity index (χ3n) is 2.11. The van der Waals surface area contributed by atoms with E-state index in [0.29, 0.717) is 11.4 Å². The third-order valence-corrected chi connectivity index (χ3v) is 7.74. The SMILES string of the molecule is [CH2]=[Al][N]1CC(=O)N(C)C[CH]1[AlH][I]. The summed E-state index contributed by atoms with van der Waals surface area (Å²) in [5.74, 6) is 0.251. The predicted molar refractivity (Wildman–Crippen MR) is 62.2 cm³/mol. The van der Waals surface area contributed by atoms with Crippen LogP contribution in [0.4, 0.5) is 0 Å². The molecule has 1 aliphatic rings. The Morgan fingerprint density at radius 2 is 2.50 bits per heavy atom. The van der Waals surface area contributed by atoms with Gasteiger partial charge in [0.25, 0.3) is 0 Å². The van der Waals surface area contributed by atoms with Crippen molar-refractivity contribution in [3.8, 4) is 0 Å². The number of hydrogen-bond donors (Lipinski definition) is 0. The molecule has 3 nitrogen and oxygen atoms in total. The van der Waals surface area contributed by atoms with Crippen molar-refractivity contribution in [3.63, 3.8) is 0 Å². The summed E-state index contributed by atoms with van der Waals surface area (Å²) in [7, 11) is 1.89. The summed E-state index contributed by atoms with van der Waals surface area (Å²) in [6, 6.07) is 0. The molecule has 1 rings (SSSR count). The maximum atomic E-state index is 11.3.